The van der Waals surface area contributed by atoms with Gasteiger partial charge in [0.25, 0.3) is 0 Å². The van der Waals surface area contributed by atoms with E-state index >= 15 is 0 Å². The van der Waals surface area contributed by atoms with E-state index in [0.29, 0.717) is 12.0 Å². The van der Waals surface area contributed by atoms with Gasteiger partial charge in [-0.05, 0) is 33.2 Å². The van der Waals surface area contributed by atoms with Crippen molar-refractivity contribution in [2.75, 3.05) is 18.4 Å². The molecule has 4 rings (SSSR count). The molecule has 25 heavy (non-hydrogen) atoms. The van der Waals surface area contributed by atoms with E-state index in [1.165, 1.54) is 12.8 Å². The van der Waals surface area contributed by atoms with Crippen molar-refractivity contribution < 1.29 is 0 Å². The quantitative estimate of drug-likeness (QED) is 0.764. The van der Waals surface area contributed by atoms with E-state index in [1.807, 2.05) is 30.2 Å². The van der Waals surface area contributed by atoms with Crippen LogP contribution in [0, 0.1) is 0 Å². The first-order valence-corrected chi connectivity index (χ1v) is 8.97. The highest BCUT2D eigenvalue weighted by molar-refractivity contribution is 5.77. The molecule has 1 fully saturated rings. The predicted octanol–water partition coefficient (Wildman–Crippen LogP) is 2.42. The summed E-state index contributed by atoms with van der Waals surface area (Å²) in [5.74, 6) is 1.44. The molecule has 7 nitrogen and oxygen atoms in total. The van der Waals surface area contributed by atoms with Gasteiger partial charge in [-0.2, -0.15) is 14.7 Å². The summed E-state index contributed by atoms with van der Waals surface area (Å²) in [6.45, 7) is 6.36. The minimum absolute atomic E-state index is 0.328. The zero-order chi connectivity index (χ0) is 17.4. The Morgan fingerprint density at radius 3 is 2.84 bits per heavy atom. The third-order valence-corrected chi connectivity index (χ3v) is 4.66. The van der Waals surface area contributed by atoms with Crippen molar-refractivity contribution in [1.29, 1.82) is 0 Å². The van der Waals surface area contributed by atoms with Crippen molar-refractivity contribution in [1.82, 2.24) is 29.7 Å². The molecule has 0 aromatic carbocycles. The van der Waals surface area contributed by atoms with Gasteiger partial charge in [0.2, 0.25) is 0 Å². The molecular formula is C18H25N7. The summed E-state index contributed by atoms with van der Waals surface area (Å²) < 4.78 is 3.71. The van der Waals surface area contributed by atoms with Gasteiger partial charge in [-0.1, -0.05) is 0 Å². The first-order chi connectivity index (χ1) is 12.1. The van der Waals surface area contributed by atoms with Crippen LogP contribution < -0.4 is 10.6 Å². The second-order valence-electron chi connectivity index (χ2n) is 7.10. The van der Waals surface area contributed by atoms with Gasteiger partial charge >= 0.3 is 0 Å². The molecular weight excluding hydrogens is 314 g/mol. The lowest BCUT2D eigenvalue weighted by Gasteiger charge is -2.23. The van der Waals surface area contributed by atoms with Crippen molar-refractivity contribution in [2.45, 2.75) is 38.6 Å². The summed E-state index contributed by atoms with van der Waals surface area (Å²) in [5.41, 5.74) is 4.08. The van der Waals surface area contributed by atoms with E-state index in [0.717, 1.165) is 41.4 Å². The third kappa shape index (κ3) is 3.11. The predicted molar refractivity (Wildman–Crippen MR) is 98.8 cm³/mol. The highest BCUT2D eigenvalue weighted by Crippen LogP contribution is 2.29. The molecule has 3 aromatic rings. The Kier molecular flexibility index (Phi) is 4.17. The van der Waals surface area contributed by atoms with E-state index in [-0.39, 0.29) is 0 Å². The molecule has 1 saturated heterocycles. The maximum atomic E-state index is 5.00. The maximum Gasteiger partial charge on any atom is 0.165 e. The molecule has 1 atom stereocenters. The van der Waals surface area contributed by atoms with Crippen molar-refractivity contribution in [3.05, 3.63) is 30.4 Å². The van der Waals surface area contributed by atoms with Gasteiger partial charge in [-0.15, -0.1) is 0 Å². The first kappa shape index (κ1) is 16.1. The molecule has 0 spiro atoms. The Labute approximate surface area is 147 Å². The molecule has 132 valence electrons. The molecule has 1 unspecified atom stereocenters. The third-order valence-electron chi connectivity index (χ3n) is 4.66. The van der Waals surface area contributed by atoms with Gasteiger partial charge < -0.3 is 10.6 Å². The van der Waals surface area contributed by atoms with Gasteiger partial charge in [0, 0.05) is 48.9 Å². The fourth-order valence-corrected chi connectivity index (χ4v) is 3.46. The molecule has 0 amide bonds. The molecule has 0 bridgehead atoms. The number of fused-ring (bicyclic) bond motifs is 1. The Morgan fingerprint density at radius 2 is 2.16 bits per heavy atom. The number of hydrogen-bond acceptors (Lipinski definition) is 5. The summed E-state index contributed by atoms with van der Waals surface area (Å²) in [5, 5.41) is 15.9. The van der Waals surface area contributed by atoms with Gasteiger partial charge in [0.15, 0.2) is 5.65 Å². The van der Waals surface area contributed by atoms with Gasteiger partial charge in [0.1, 0.15) is 5.82 Å². The summed E-state index contributed by atoms with van der Waals surface area (Å²) in [4.78, 5) is 5.00. The second kappa shape index (κ2) is 6.48. The molecule has 3 aromatic heterocycles. The topological polar surface area (TPSA) is 72.1 Å². The van der Waals surface area contributed by atoms with Crippen molar-refractivity contribution in [2.24, 2.45) is 7.05 Å². The summed E-state index contributed by atoms with van der Waals surface area (Å²) in [7, 11) is 1.92. The van der Waals surface area contributed by atoms with Gasteiger partial charge in [-0.3, -0.25) is 4.68 Å². The van der Waals surface area contributed by atoms with E-state index in [2.05, 4.69) is 40.7 Å². The second-order valence-corrected chi connectivity index (χ2v) is 7.10. The van der Waals surface area contributed by atoms with Crippen LogP contribution in [-0.4, -0.2) is 43.5 Å². The van der Waals surface area contributed by atoms with E-state index in [4.69, 9.17) is 4.98 Å². The number of anilines is 1. The van der Waals surface area contributed by atoms with Crippen LogP contribution in [0.3, 0.4) is 0 Å². The summed E-state index contributed by atoms with van der Waals surface area (Å²) >= 11 is 0. The highest BCUT2D eigenvalue weighted by atomic mass is 15.3. The van der Waals surface area contributed by atoms with E-state index in [1.54, 1.807) is 4.68 Å². The Morgan fingerprint density at radius 1 is 1.28 bits per heavy atom. The highest BCUT2D eigenvalue weighted by Gasteiger charge is 2.21. The van der Waals surface area contributed by atoms with Gasteiger partial charge in [-0.25, -0.2) is 4.98 Å². The zero-order valence-corrected chi connectivity index (χ0v) is 15.0. The van der Waals surface area contributed by atoms with Crippen LogP contribution in [0.25, 0.3) is 16.8 Å². The molecule has 4 heterocycles. The fourth-order valence-electron chi connectivity index (χ4n) is 3.46. The molecule has 2 N–H and O–H groups in total. The smallest absolute Gasteiger partial charge is 0.165 e. The van der Waals surface area contributed by atoms with E-state index in [9.17, 15) is 0 Å². The van der Waals surface area contributed by atoms with Crippen molar-refractivity contribution >= 4 is 11.5 Å². The lowest BCUT2D eigenvalue weighted by Crippen LogP contribution is -2.29. The number of nitrogens with zero attached hydrogens (tertiary/aromatic N) is 5. The first-order valence-electron chi connectivity index (χ1n) is 8.97. The van der Waals surface area contributed by atoms with Crippen LogP contribution in [0.5, 0.6) is 0 Å². The van der Waals surface area contributed by atoms with E-state index < -0.39 is 0 Å². The lowest BCUT2D eigenvalue weighted by molar-refractivity contribution is 0.455. The zero-order valence-electron chi connectivity index (χ0n) is 15.0. The van der Waals surface area contributed by atoms with Crippen LogP contribution in [0.2, 0.25) is 0 Å². The number of aryl methyl sites for hydroxylation is 1. The molecule has 1 aliphatic heterocycles. The standard InChI is InChI=1S/C18H25N7/c1-12(2)22-17-7-16(13-5-4-6-19-8-13)23-18-15(10-21-25(17)18)14-9-20-24(3)11-14/h7,9-13,19,22H,4-6,8H2,1-3H3. The SMILES string of the molecule is CC(C)Nc1cc(C2CCCNC2)nc2c(-c3cnn(C)c3)cnn12. The van der Waals surface area contributed by atoms with Crippen LogP contribution in [0.15, 0.2) is 24.7 Å². The average molecular weight is 339 g/mol. The number of aromatic nitrogens is 5. The summed E-state index contributed by atoms with van der Waals surface area (Å²) in [6, 6.07) is 2.49. The van der Waals surface area contributed by atoms with Gasteiger partial charge in [0.05, 0.1) is 18.1 Å². The Bertz CT molecular complexity index is 871. The monoisotopic (exact) mass is 339 g/mol. The Hall–Kier alpha value is -2.41. The summed E-state index contributed by atoms with van der Waals surface area (Å²) in [6.07, 6.45) is 8.12. The average Bonchev–Trinajstić information content (AvgIpc) is 3.21. The number of rotatable bonds is 4. The molecule has 0 saturated carbocycles. The number of hydrogen-bond donors (Lipinski definition) is 2. The Balaban J connectivity index is 1.85. The number of piperidine rings is 1. The molecule has 1 aliphatic rings. The maximum absolute atomic E-state index is 5.00. The fraction of sp³-hybridized carbons (Fsp3) is 0.500. The van der Waals surface area contributed by atoms with Crippen LogP contribution >= 0.6 is 0 Å². The molecule has 7 heteroatoms. The van der Waals surface area contributed by atoms with Crippen LogP contribution in [-0.2, 0) is 7.05 Å². The minimum atomic E-state index is 0.328. The minimum Gasteiger partial charge on any atom is -0.368 e. The van der Waals surface area contributed by atoms with Crippen molar-refractivity contribution in [3.63, 3.8) is 0 Å². The van der Waals surface area contributed by atoms with Crippen molar-refractivity contribution in [3.8, 4) is 11.1 Å². The largest absolute Gasteiger partial charge is 0.368 e. The lowest BCUT2D eigenvalue weighted by atomic mass is 9.96. The molecule has 0 aliphatic carbocycles. The number of nitrogens with one attached hydrogen (secondary N) is 2. The van der Waals surface area contributed by atoms with Crippen LogP contribution in [0.4, 0.5) is 5.82 Å². The van der Waals surface area contributed by atoms with Crippen LogP contribution in [0.1, 0.15) is 38.3 Å². The normalized spacial score (nSPS) is 18.2. The molecule has 0 radical (unpaired) electrons.